The maximum Gasteiger partial charge on any atom is 0.472 e. The molecule has 0 aliphatic carbocycles. The SMILES string of the molecule is CCC(C)CCCCCCCCCCCCC(=O)O[C@H](COC(=O)CCCCCCCCCC(C)C)COP(=O)(O)OCC(O)COP(=O)(O)OC[C@@H](COC(=O)CCCCCCCCCCCCCCCCCC(C)C)OC(=O)CCCCCCCCCCCCCCCCCCCCC(C)C. The minimum absolute atomic E-state index is 0.105. The van der Waals surface area contributed by atoms with E-state index in [0.29, 0.717) is 31.6 Å². The fourth-order valence-electron chi connectivity index (χ4n) is 12.9. The van der Waals surface area contributed by atoms with Gasteiger partial charge in [0, 0.05) is 25.7 Å². The first-order chi connectivity index (χ1) is 49.6. The third kappa shape index (κ3) is 76.6. The summed E-state index contributed by atoms with van der Waals surface area (Å²) in [5, 5.41) is 10.7. The molecule has 0 aromatic rings. The van der Waals surface area contributed by atoms with Gasteiger partial charge in [0.25, 0.3) is 0 Å². The summed E-state index contributed by atoms with van der Waals surface area (Å²) in [4.78, 5) is 73.1. The van der Waals surface area contributed by atoms with E-state index >= 15 is 0 Å². The molecular formula is C84H164O17P2. The molecule has 0 aromatic heterocycles. The van der Waals surface area contributed by atoms with Crippen molar-refractivity contribution in [2.24, 2.45) is 23.7 Å². The van der Waals surface area contributed by atoms with Crippen LogP contribution in [0.1, 0.15) is 434 Å². The average Bonchev–Trinajstić information content (AvgIpc) is 0.922. The van der Waals surface area contributed by atoms with Crippen LogP contribution in [0.5, 0.6) is 0 Å². The second kappa shape index (κ2) is 72.9. The second-order valence-electron chi connectivity index (χ2n) is 31.9. The van der Waals surface area contributed by atoms with Gasteiger partial charge in [-0.3, -0.25) is 37.3 Å². The molecule has 4 unspecified atom stereocenters. The Bertz CT molecular complexity index is 2010. The van der Waals surface area contributed by atoms with Crippen LogP contribution in [0.15, 0.2) is 0 Å². The van der Waals surface area contributed by atoms with Gasteiger partial charge in [-0.25, -0.2) is 9.13 Å². The van der Waals surface area contributed by atoms with E-state index in [4.69, 9.17) is 37.0 Å². The van der Waals surface area contributed by atoms with E-state index < -0.39 is 97.5 Å². The van der Waals surface area contributed by atoms with Gasteiger partial charge in [0.2, 0.25) is 0 Å². The van der Waals surface area contributed by atoms with Crippen LogP contribution in [-0.4, -0.2) is 96.7 Å². The van der Waals surface area contributed by atoms with Crippen LogP contribution >= 0.6 is 15.6 Å². The first-order valence-electron chi connectivity index (χ1n) is 43.2. The van der Waals surface area contributed by atoms with E-state index in [1.165, 1.54) is 231 Å². The summed E-state index contributed by atoms with van der Waals surface area (Å²) in [6.45, 7) is 14.3. The number of aliphatic hydroxyl groups is 1. The summed E-state index contributed by atoms with van der Waals surface area (Å²) >= 11 is 0. The maximum atomic E-state index is 13.1. The highest BCUT2D eigenvalue weighted by Crippen LogP contribution is 2.45. The summed E-state index contributed by atoms with van der Waals surface area (Å²) in [6.07, 6.45) is 61.1. The molecule has 0 aliphatic rings. The predicted molar refractivity (Wildman–Crippen MR) is 423 cm³/mol. The van der Waals surface area contributed by atoms with Crippen molar-refractivity contribution < 1.29 is 80.2 Å². The van der Waals surface area contributed by atoms with Crippen LogP contribution < -0.4 is 0 Å². The van der Waals surface area contributed by atoms with E-state index in [1.54, 1.807) is 0 Å². The molecule has 0 radical (unpaired) electrons. The molecule has 0 saturated heterocycles. The number of rotatable bonds is 81. The zero-order valence-electron chi connectivity index (χ0n) is 68.0. The maximum absolute atomic E-state index is 13.1. The molecule has 0 heterocycles. The highest BCUT2D eigenvalue weighted by molar-refractivity contribution is 7.47. The minimum Gasteiger partial charge on any atom is -0.462 e. The molecule has 0 fully saturated rings. The standard InChI is InChI=1S/C84H164O17P2/c1-9-77(8)63-55-47-39-31-27-28-34-42-51-59-67-84(89)101-80(71-95-82(87)65-57-49-43-35-38-46-54-62-76(6)7)73-99-103(92,93)97-69-78(85)68-96-102(90,91)98-72-79(70-94-81(86)64-56-48-40-32-25-21-18-14-16-20-24-30-37-45-53-61-75(4)5)100-83(88)66-58-50-41-33-26-22-17-13-11-10-12-15-19-23-29-36-44-52-60-74(2)3/h74-80,85H,9-73H2,1-8H3,(H,90,91)(H,92,93)/t77?,78?,79-,80-/m1/s1. The van der Waals surface area contributed by atoms with Crippen LogP contribution in [-0.2, 0) is 65.4 Å². The van der Waals surface area contributed by atoms with Gasteiger partial charge in [-0.05, 0) is 49.4 Å². The molecule has 0 aliphatic heterocycles. The van der Waals surface area contributed by atoms with Gasteiger partial charge < -0.3 is 33.8 Å². The van der Waals surface area contributed by atoms with Crippen LogP contribution in [0, 0.1) is 23.7 Å². The monoisotopic (exact) mass is 1510 g/mol. The van der Waals surface area contributed by atoms with E-state index in [0.717, 1.165) is 114 Å². The Labute approximate surface area is 632 Å². The third-order valence-electron chi connectivity index (χ3n) is 19.9. The molecule has 6 atom stereocenters. The first-order valence-corrected chi connectivity index (χ1v) is 46.2. The Morgan fingerprint density at radius 2 is 0.466 bits per heavy atom. The first kappa shape index (κ1) is 101. The van der Waals surface area contributed by atoms with Gasteiger partial charge in [-0.1, -0.05) is 383 Å². The van der Waals surface area contributed by atoms with E-state index in [2.05, 4.69) is 55.4 Å². The molecule has 0 bridgehead atoms. The van der Waals surface area contributed by atoms with Crippen molar-refractivity contribution in [3.63, 3.8) is 0 Å². The van der Waals surface area contributed by atoms with Crippen LogP contribution in [0.3, 0.4) is 0 Å². The highest BCUT2D eigenvalue weighted by atomic mass is 31.2. The van der Waals surface area contributed by atoms with E-state index in [9.17, 15) is 43.2 Å². The number of aliphatic hydroxyl groups excluding tert-OH is 1. The van der Waals surface area contributed by atoms with Crippen molar-refractivity contribution in [1.29, 1.82) is 0 Å². The molecule has 0 spiro atoms. The summed E-state index contributed by atoms with van der Waals surface area (Å²) in [6, 6.07) is 0. The van der Waals surface area contributed by atoms with Crippen molar-refractivity contribution >= 4 is 39.5 Å². The Hall–Kier alpha value is -1.94. The lowest BCUT2D eigenvalue weighted by Crippen LogP contribution is -2.30. The van der Waals surface area contributed by atoms with Gasteiger partial charge in [0.1, 0.15) is 19.3 Å². The topological polar surface area (TPSA) is 237 Å². The van der Waals surface area contributed by atoms with Gasteiger partial charge >= 0.3 is 39.5 Å². The van der Waals surface area contributed by atoms with Crippen molar-refractivity contribution in [2.75, 3.05) is 39.6 Å². The fourth-order valence-corrected chi connectivity index (χ4v) is 14.5. The molecule has 103 heavy (non-hydrogen) atoms. The number of hydrogen-bond donors (Lipinski definition) is 3. The smallest absolute Gasteiger partial charge is 0.462 e. The van der Waals surface area contributed by atoms with Crippen molar-refractivity contribution in [3.05, 3.63) is 0 Å². The van der Waals surface area contributed by atoms with Gasteiger partial charge in [0.15, 0.2) is 12.2 Å². The number of carbonyl (C=O) groups is 4. The van der Waals surface area contributed by atoms with Crippen LogP contribution in [0.4, 0.5) is 0 Å². The normalized spacial score (nSPS) is 14.2. The van der Waals surface area contributed by atoms with Crippen molar-refractivity contribution in [2.45, 2.75) is 453 Å². The van der Waals surface area contributed by atoms with Crippen molar-refractivity contribution in [1.82, 2.24) is 0 Å². The lowest BCUT2D eigenvalue weighted by Gasteiger charge is -2.21. The zero-order valence-corrected chi connectivity index (χ0v) is 69.7. The van der Waals surface area contributed by atoms with E-state index in [1.807, 2.05) is 0 Å². The Morgan fingerprint density at radius 3 is 0.689 bits per heavy atom. The number of phosphoric acid groups is 2. The minimum atomic E-state index is -4.97. The predicted octanol–water partition coefficient (Wildman–Crippen LogP) is 25.2. The Morgan fingerprint density at radius 1 is 0.272 bits per heavy atom. The number of esters is 4. The van der Waals surface area contributed by atoms with E-state index in [-0.39, 0.29) is 25.7 Å². The van der Waals surface area contributed by atoms with Gasteiger partial charge in [-0.2, -0.15) is 0 Å². The summed E-state index contributed by atoms with van der Waals surface area (Å²) in [5.41, 5.74) is 0. The lowest BCUT2D eigenvalue weighted by molar-refractivity contribution is -0.161. The number of unbranched alkanes of at least 4 members (excludes halogenated alkanes) is 46. The Balaban J connectivity index is 5.23. The number of carbonyl (C=O) groups excluding carboxylic acids is 4. The van der Waals surface area contributed by atoms with Crippen LogP contribution in [0.25, 0.3) is 0 Å². The molecule has 19 heteroatoms. The zero-order chi connectivity index (χ0) is 76.0. The summed E-state index contributed by atoms with van der Waals surface area (Å²) in [5.74, 6) is 1.02. The Kier molecular flexibility index (Phi) is 71.5. The van der Waals surface area contributed by atoms with Crippen LogP contribution in [0.2, 0.25) is 0 Å². The molecule has 0 aromatic carbocycles. The molecule has 3 N–H and O–H groups in total. The molecule has 17 nitrogen and oxygen atoms in total. The lowest BCUT2D eigenvalue weighted by atomic mass is 9.99. The molecule has 0 amide bonds. The molecule has 612 valence electrons. The highest BCUT2D eigenvalue weighted by Gasteiger charge is 2.30. The van der Waals surface area contributed by atoms with Gasteiger partial charge in [0.05, 0.1) is 26.4 Å². The van der Waals surface area contributed by atoms with Crippen molar-refractivity contribution in [3.8, 4) is 0 Å². The molecular weight excluding hydrogens is 1340 g/mol. The third-order valence-corrected chi connectivity index (χ3v) is 21.8. The number of phosphoric ester groups is 2. The number of hydrogen-bond acceptors (Lipinski definition) is 15. The average molecular weight is 1510 g/mol. The largest absolute Gasteiger partial charge is 0.472 e. The van der Waals surface area contributed by atoms with Gasteiger partial charge in [-0.15, -0.1) is 0 Å². The second-order valence-corrected chi connectivity index (χ2v) is 34.8. The summed E-state index contributed by atoms with van der Waals surface area (Å²) in [7, 11) is -9.93. The number of ether oxygens (including phenoxy) is 4. The quantitative estimate of drug-likeness (QED) is 0.0222. The fraction of sp³-hybridized carbons (Fsp3) is 0.952. The molecule has 0 saturated carbocycles. The summed E-state index contributed by atoms with van der Waals surface area (Å²) < 4.78 is 68.8. The molecule has 0 rings (SSSR count).